The second-order valence-electron chi connectivity index (χ2n) is 9.89. The van der Waals surface area contributed by atoms with Crippen LogP contribution in [-0.4, -0.2) is 65.3 Å². The van der Waals surface area contributed by atoms with Crippen molar-refractivity contribution in [2.75, 3.05) is 20.7 Å². The molecule has 1 saturated heterocycles. The minimum Gasteiger partial charge on any atom is -0.462 e. The number of hydrogen-bond acceptors (Lipinski definition) is 9. The number of para-hydroxylation sites is 1. The molecule has 5 N–H and O–H groups in total. The Hall–Kier alpha value is -3.82. The number of carbonyl (C=O) groups is 1. The maximum atomic E-state index is 13.8. The van der Waals surface area contributed by atoms with E-state index in [1.165, 1.54) is 13.3 Å². The van der Waals surface area contributed by atoms with Crippen LogP contribution in [0, 0.1) is 18.3 Å². The Morgan fingerprint density at radius 2 is 2.02 bits per heavy atom. The summed E-state index contributed by atoms with van der Waals surface area (Å²) in [5, 5.41) is 2.66. The Labute approximate surface area is 240 Å². The van der Waals surface area contributed by atoms with E-state index in [9.17, 15) is 9.36 Å². The summed E-state index contributed by atoms with van der Waals surface area (Å²) in [6.45, 7) is 8.82. The number of nitrogens with one attached hydrogen (secondary N) is 1. The number of carbonyl (C=O) groups excluding carboxylic acids is 1. The second kappa shape index (κ2) is 13.7. The maximum Gasteiger partial charge on any atom is 0.459 e. The van der Waals surface area contributed by atoms with E-state index in [1.807, 2.05) is 14.1 Å². The third kappa shape index (κ3) is 8.34. The van der Waals surface area contributed by atoms with Crippen LogP contribution in [0.2, 0.25) is 0 Å². The molecule has 0 amide bonds. The van der Waals surface area contributed by atoms with Crippen LogP contribution in [0.15, 0.2) is 48.2 Å². The fourth-order valence-corrected chi connectivity index (χ4v) is 5.49. The van der Waals surface area contributed by atoms with Gasteiger partial charge in [0.1, 0.15) is 17.5 Å². The lowest BCUT2D eigenvalue weighted by Gasteiger charge is -2.24. The molecule has 222 valence electrons. The van der Waals surface area contributed by atoms with Gasteiger partial charge in [-0.15, -0.1) is 6.42 Å². The Bertz CT molecular complexity index is 1330. The van der Waals surface area contributed by atoms with Gasteiger partial charge in [-0.25, -0.2) is 9.55 Å². The minimum atomic E-state index is -4.09. The Morgan fingerprint density at radius 1 is 1.34 bits per heavy atom. The van der Waals surface area contributed by atoms with Crippen molar-refractivity contribution in [3.8, 4) is 18.1 Å². The number of terminal acetylenes is 1. The summed E-state index contributed by atoms with van der Waals surface area (Å²) in [5.41, 5.74) is 12.4. The molecule has 0 bridgehead atoms. The molecule has 14 heteroatoms. The van der Waals surface area contributed by atoms with Crippen molar-refractivity contribution in [3.63, 3.8) is 0 Å². The van der Waals surface area contributed by atoms with Crippen molar-refractivity contribution in [2.24, 2.45) is 22.4 Å². The molecule has 1 aliphatic heterocycles. The van der Waals surface area contributed by atoms with Gasteiger partial charge in [-0.2, -0.15) is 10.1 Å². The molecule has 13 nitrogen and oxygen atoms in total. The number of ether oxygens (including phenoxy) is 2. The third-order valence-electron chi connectivity index (χ3n) is 5.95. The van der Waals surface area contributed by atoms with E-state index in [-0.39, 0.29) is 24.4 Å². The molecule has 1 aromatic heterocycles. The number of benzene rings is 1. The first-order valence-corrected chi connectivity index (χ1v) is 14.5. The van der Waals surface area contributed by atoms with Crippen LogP contribution in [-0.2, 0) is 23.4 Å². The first-order chi connectivity index (χ1) is 19.3. The second-order valence-corrected chi connectivity index (χ2v) is 11.6. The van der Waals surface area contributed by atoms with Gasteiger partial charge in [-0.3, -0.25) is 13.9 Å². The molecule has 2 aromatic rings. The van der Waals surface area contributed by atoms with Gasteiger partial charge in [0.15, 0.2) is 18.0 Å². The van der Waals surface area contributed by atoms with E-state index in [1.54, 1.807) is 53.6 Å². The fraction of sp³-hybridized carbons (Fsp3) is 0.444. The number of hydrogen-bond donors (Lipinski definition) is 3. The molecule has 0 saturated carbocycles. The van der Waals surface area contributed by atoms with Gasteiger partial charge >= 0.3 is 13.7 Å². The molecule has 0 spiro atoms. The van der Waals surface area contributed by atoms with E-state index in [4.69, 9.17) is 36.4 Å². The first-order valence-electron chi connectivity index (χ1n) is 13.0. The van der Waals surface area contributed by atoms with Gasteiger partial charge in [-0.05, 0) is 39.3 Å². The first kappa shape index (κ1) is 31.7. The van der Waals surface area contributed by atoms with Crippen molar-refractivity contribution in [2.45, 2.75) is 51.7 Å². The zero-order chi connectivity index (χ0) is 30.3. The largest absolute Gasteiger partial charge is 0.462 e. The number of nitrogens with zero attached hydrogens (tertiary/aromatic N) is 4. The van der Waals surface area contributed by atoms with Crippen LogP contribution in [0.25, 0.3) is 5.70 Å². The average molecular weight is 588 g/mol. The number of guanidine groups is 1. The molecule has 1 fully saturated rings. The van der Waals surface area contributed by atoms with Gasteiger partial charge in [0.05, 0.1) is 36.8 Å². The quantitative estimate of drug-likeness (QED) is 0.104. The fourth-order valence-electron chi connectivity index (χ4n) is 3.97. The third-order valence-corrected chi connectivity index (χ3v) is 7.60. The normalized spacial score (nSPS) is 20.5. The van der Waals surface area contributed by atoms with E-state index >= 15 is 0 Å². The minimum absolute atomic E-state index is 0.165. The summed E-state index contributed by atoms with van der Waals surface area (Å²) in [6, 6.07) is 7.48. The van der Waals surface area contributed by atoms with Crippen LogP contribution in [0.4, 0.5) is 5.82 Å². The number of imidazole rings is 1. The standard InChI is InChI=1S/C27H38N7O6P/c1-8-20-14-22(39-25(20)34-16-30-23(19(5)33(6)7)24(34)31-27(28)29)15-37-41(36,40-21-12-10-9-11-13-21)32-18(4)26(35)38-17(2)3/h1,9-13,16-18,20,22,25H,5,14-15H2,2-4,6-7H3,(H,32,36)(H4,28,29,31)/t18-,20+,22+,25-,41+/m1/s1. The van der Waals surface area contributed by atoms with Gasteiger partial charge < -0.3 is 30.4 Å². The van der Waals surface area contributed by atoms with E-state index in [0.29, 0.717) is 23.6 Å². The van der Waals surface area contributed by atoms with Gasteiger partial charge in [-0.1, -0.05) is 30.7 Å². The Balaban J connectivity index is 1.82. The van der Waals surface area contributed by atoms with Crippen LogP contribution in [0.3, 0.4) is 0 Å². The summed E-state index contributed by atoms with van der Waals surface area (Å²) < 4.78 is 38.4. The summed E-state index contributed by atoms with van der Waals surface area (Å²) in [4.78, 5) is 22.9. The zero-order valence-electron chi connectivity index (χ0n) is 23.9. The van der Waals surface area contributed by atoms with Crippen molar-refractivity contribution < 1.29 is 27.9 Å². The van der Waals surface area contributed by atoms with Gasteiger partial charge in [0, 0.05) is 14.1 Å². The molecule has 2 heterocycles. The topological polar surface area (TPSA) is 169 Å². The van der Waals surface area contributed by atoms with Crippen LogP contribution in [0.5, 0.6) is 5.75 Å². The lowest BCUT2D eigenvalue weighted by molar-refractivity contribution is -0.149. The van der Waals surface area contributed by atoms with Crippen molar-refractivity contribution in [1.29, 1.82) is 0 Å². The van der Waals surface area contributed by atoms with Crippen molar-refractivity contribution in [3.05, 3.63) is 48.9 Å². The molecule has 5 atom stereocenters. The molecule has 0 unspecified atom stereocenters. The van der Waals surface area contributed by atoms with Crippen molar-refractivity contribution in [1.82, 2.24) is 19.5 Å². The highest BCUT2D eigenvalue weighted by molar-refractivity contribution is 7.52. The summed E-state index contributed by atoms with van der Waals surface area (Å²) in [6.07, 6.45) is 6.09. The molecular weight excluding hydrogens is 549 g/mol. The molecule has 1 aromatic carbocycles. The molecule has 0 aliphatic carbocycles. The summed E-state index contributed by atoms with van der Waals surface area (Å²) in [5.74, 6) is 2.15. The van der Waals surface area contributed by atoms with Crippen LogP contribution >= 0.6 is 7.75 Å². The Kier molecular flexibility index (Phi) is 10.6. The summed E-state index contributed by atoms with van der Waals surface area (Å²) in [7, 11) is -0.455. The zero-order valence-corrected chi connectivity index (χ0v) is 24.8. The highest BCUT2D eigenvalue weighted by atomic mass is 31.2. The molecular formula is C27H38N7O6P. The predicted molar refractivity (Wildman–Crippen MR) is 156 cm³/mol. The highest BCUT2D eigenvalue weighted by Gasteiger charge is 2.40. The SMILES string of the molecule is C#C[C@H]1C[C@@H](CO[P@@](=O)(N[C@H](C)C(=O)OC(C)C)Oc2ccccc2)O[C@H]1n1cnc(C(=C)N(C)C)c1N=C(N)N. The number of esters is 1. The van der Waals surface area contributed by atoms with E-state index < -0.39 is 38.0 Å². The Morgan fingerprint density at radius 3 is 2.61 bits per heavy atom. The lowest BCUT2D eigenvalue weighted by Crippen LogP contribution is -2.36. The number of rotatable bonds is 13. The molecule has 0 radical (unpaired) electrons. The number of aliphatic imine (C=N–C) groups is 1. The summed E-state index contributed by atoms with van der Waals surface area (Å²) >= 11 is 0. The van der Waals surface area contributed by atoms with E-state index in [0.717, 1.165) is 0 Å². The molecule has 3 rings (SSSR count). The maximum absolute atomic E-state index is 13.8. The predicted octanol–water partition coefficient (Wildman–Crippen LogP) is 2.99. The van der Waals surface area contributed by atoms with E-state index in [2.05, 4.69) is 27.6 Å². The number of aromatic nitrogens is 2. The van der Waals surface area contributed by atoms with Gasteiger partial charge in [0.2, 0.25) is 0 Å². The van der Waals surface area contributed by atoms with Crippen LogP contribution < -0.4 is 21.1 Å². The average Bonchev–Trinajstić information content (AvgIpc) is 3.50. The molecule has 1 aliphatic rings. The lowest BCUT2D eigenvalue weighted by atomic mass is 10.0. The monoisotopic (exact) mass is 587 g/mol. The number of nitrogens with two attached hydrogens (primary N) is 2. The highest BCUT2D eigenvalue weighted by Crippen LogP contribution is 2.47. The molecule has 41 heavy (non-hydrogen) atoms. The van der Waals surface area contributed by atoms with Crippen LogP contribution in [0.1, 0.15) is 39.1 Å². The smallest absolute Gasteiger partial charge is 0.459 e. The van der Waals surface area contributed by atoms with Crippen molar-refractivity contribution >= 4 is 31.2 Å². The van der Waals surface area contributed by atoms with Gasteiger partial charge in [0.25, 0.3) is 0 Å².